The second-order valence-corrected chi connectivity index (χ2v) is 5.02. The molecule has 0 N–H and O–H groups in total. The summed E-state index contributed by atoms with van der Waals surface area (Å²) < 4.78 is 5.35. The number of carbonyl (C=O) groups is 3. The monoisotopic (exact) mass is 290 g/mol. The van der Waals surface area contributed by atoms with Crippen molar-refractivity contribution >= 4 is 23.3 Å². The normalized spacial score (nSPS) is 13.5. The highest BCUT2D eigenvalue weighted by molar-refractivity contribution is 6.04. The molecule has 2 rings (SSSR count). The lowest BCUT2D eigenvalue weighted by Gasteiger charge is -2.30. The zero-order chi connectivity index (χ0) is 15.6. The summed E-state index contributed by atoms with van der Waals surface area (Å²) in [5, 5.41) is 0. The van der Waals surface area contributed by atoms with Crippen molar-refractivity contribution in [3.63, 3.8) is 0 Å². The van der Waals surface area contributed by atoms with Gasteiger partial charge in [-0.15, -0.1) is 0 Å². The van der Waals surface area contributed by atoms with E-state index in [9.17, 15) is 14.4 Å². The molecule has 1 aliphatic heterocycles. The third-order valence-electron chi connectivity index (χ3n) is 3.34. The fourth-order valence-corrected chi connectivity index (χ4v) is 2.03. The van der Waals surface area contributed by atoms with E-state index in [0.29, 0.717) is 23.4 Å². The maximum absolute atomic E-state index is 12.0. The molecule has 0 bridgehead atoms. The number of ketones is 1. The molecule has 0 saturated heterocycles. The number of rotatable bonds is 4. The molecule has 112 valence electrons. The van der Waals surface area contributed by atoms with E-state index in [-0.39, 0.29) is 30.7 Å². The topological polar surface area (TPSA) is 66.9 Å². The Kier molecular flexibility index (Phi) is 4.26. The minimum atomic E-state index is -0.293. The third-order valence-corrected chi connectivity index (χ3v) is 3.34. The molecule has 0 unspecified atom stereocenters. The number of Topliss-reactive ketones (excluding diaryl/α,β-unsaturated/α-hetero) is 1. The van der Waals surface area contributed by atoms with Crippen LogP contribution in [0.15, 0.2) is 18.2 Å². The molecule has 0 aromatic heterocycles. The van der Waals surface area contributed by atoms with Crippen LogP contribution in [0.25, 0.3) is 0 Å². The molecular formula is C15H18N2O4. The molecule has 0 spiro atoms. The van der Waals surface area contributed by atoms with Gasteiger partial charge < -0.3 is 9.64 Å². The molecule has 0 aliphatic carbocycles. The van der Waals surface area contributed by atoms with Gasteiger partial charge in [-0.3, -0.25) is 19.3 Å². The molecule has 0 saturated carbocycles. The molecular weight excluding hydrogens is 272 g/mol. The Morgan fingerprint density at radius 2 is 2.05 bits per heavy atom. The Balaban J connectivity index is 2.38. The number of likely N-dealkylation sites (N-methyl/N-ethyl adjacent to an activating group) is 1. The number of ether oxygens (including phenoxy) is 1. The summed E-state index contributed by atoms with van der Waals surface area (Å²) in [6, 6.07) is 4.95. The van der Waals surface area contributed by atoms with Gasteiger partial charge in [0.2, 0.25) is 5.91 Å². The van der Waals surface area contributed by atoms with Gasteiger partial charge in [0.15, 0.2) is 12.4 Å². The number of benzene rings is 1. The molecule has 21 heavy (non-hydrogen) atoms. The van der Waals surface area contributed by atoms with Gasteiger partial charge in [0.25, 0.3) is 5.91 Å². The molecule has 1 aromatic carbocycles. The number of anilines is 1. The summed E-state index contributed by atoms with van der Waals surface area (Å²) in [5.74, 6) is 0.00531. The molecule has 0 atom stereocenters. The van der Waals surface area contributed by atoms with Crippen molar-refractivity contribution in [1.29, 1.82) is 0 Å². The van der Waals surface area contributed by atoms with Gasteiger partial charge >= 0.3 is 0 Å². The molecule has 6 nitrogen and oxygen atoms in total. The number of amides is 2. The van der Waals surface area contributed by atoms with Crippen LogP contribution in [-0.2, 0) is 9.59 Å². The van der Waals surface area contributed by atoms with Gasteiger partial charge in [-0.05, 0) is 18.2 Å². The van der Waals surface area contributed by atoms with E-state index < -0.39 is 0 Å². The van der Waals surface area contributed by atoms with Gasteiger partial charge in [-0.2, -0.15) is 0 Å². The minimum absolute atomic E-state index is 0.0188. The molecule has 0 radical (unpaired) electrons. The van der Waals surface area contributed by atoms with Gasteiger partial charge in [0, 0.05) is 26.1 Å². The van der Waals surface area contributed by atoms with Crippen LogP contribution in [-0.4, -0.2) is 49.7 Å². The Labute approximate surface area is 123 Å². The van der Waals surface area contributed by atoms with E-state index in [1.807, 2.05) is 0 Å². The van der Waals surface area contributed by atoms with Crippen LogP contribution in [0.1, 0.15) is 23.7 Å². The van der Waals surface area contributed by atoms with Crippen molar-refractivity contribution in [2.75, 3.05) is 32.1 Å². The van der Waals surface area contributed by atoms with Crippen molar-refractivity contribution in [3.8, 4) is 5.75 Å². The predicted molar refractivity (Wildman–Crippen MR) is 77.6 cm³/mol. The van der Waals surface area contributed by atoms with Crippen molar-refractivity contribution < 1.29 is 19.1 Å². The smallest absolute Gasteiger partial charge is 0.265 e. The second-order valence-electron chi connectivity index (χ2n) is 5.02. The van der Waals surface area contributed by atoms with E-state index in [0.717, 1.165) is 0 Å². The van der Waals surface area contributed by atoms with Gasteiger partial charge in [0.1, 0.15) is 12.3 Å². The van der Waals surface area contributed by atoms with Crippen LogP contribution in [0.3, 0.4) is 0 Å². The molecule has 1 aliphatic rings. The summed E-state index contributed by atoms with van der Waals surface area (Å²) in [5.41, 5.74) is 0.984. The minimum Gasteiger partial charge on any atom is -0.482 e. The second kappa shape index (κ2) is 5.95. The van der Waals surface area contributed by atoms with Crippen molar-refractivity contribution in [1.82, 2.24) is 4.90 Å². The Morgan fingerprint density at radius 1 is 1.33 bits per heavy atom. The first-order valence-electron chi connectivity index (χ1n) is 6.74. The highest BCUT2D eigenvalue weighted by Crippen LogP contribution is 2.33. The van der Waals surface area contributed by atoms with Crippen LogP contribution < -0.4 is 9.64 Å². The van der Waals surface area contributed by atoms with Crippen LogP contribution in [0.5, 0.6) is 5.75 Å². The Morgan fingerprint density at radius 3 is 2.67 bits per heavy atom. The van der Waals surface area contributed by atoms with E-state index in [1.165, 1.54) is 9.80 Å². The lowest BCUT2D eigenvalue weighted by atomic mass is 10.1. The highest BCUT2D eigenvalue weighted by atomic mass is 16.5. The van der Waals surface area contributed by atoms with Crippen LogP contribution in [0.4, 0.5) is 5.69 Å². The summed E-state index contributed by atoms with van der Waals surface area (Å²) in [6.07, 6.45) is 0.379. The maximum Gasteiger partial charge on any atom is 0.265 e. The first-order valence-corrected chi connectivity index (χ1v) is 6.74. The lowest BCUT2D eigenvalue weighted by Crippen LogP contribution is -2.44. The zero-order valence-electron chi connectivity index (χ0n) is 12.4. The van der Waals surface area contributed by atoms with E-state index in [4.69, 9.17) is 4.74 Å². The molecule has 6 heteroatoms. The zero-order valence-corrected chi connectivity index (χ0v) is 12.4. The van der Waals surface area contributed by atoms with E-state index in [2.05, 4.69) is 0 Å². The van der Waals surface area contributed by atoms with Crippen LogP contribution >= 0.6 is 0 Å². The average Bonchev–Trinajstić information content (AvgIpc) is 2.48. The largest absolute Gasteiger partial charge is 0.482 e. The Hall–Kier alpha value is -2.37. The Bertz CT molecular complexity index is 595. The fraction of sp³-hybridized carbons (Fsp3) is 0.400. The van der Waals surface area contributed by atoms with Crippen molar-refractivity contribution in [2.45, 2.75) is 13.3 Å². The number of hydrogen-bond acceptors (Lipinski definition) is 4. The van der Waals surface area contributed by atoms with Crippen LogP contribution in [0.2, 0.25) is 0 Å². The number of fused-ring (bicyclic) bond motifs is 1. The molecule has 1 aromatic rings. The van der Waals surface area contributed by atoms with E-state index >= 15 is 0 Å². The number of carbonyl (C=O) groups excluding carboxylic acids is 3. The first-order chi connectivity index (χ1) is 9.93. The van der Waals surface area contributed by atoms with Gasteiger partial charge in [-0.1, -0.05) is 6.92 Å². The number of hydrogen-bond donors (Lipinski definition) is 0. The van der Waals surface area contributed by atoms with Gasteiger partial charge in [-0.25, -0.2) is 0 Å². The predicted octanol–water partition coefficient (Wildman–Crippen LogP) is 1.09. The SMILES string of the molecule is CCC(=O)c1ccc2c(c1)N(CC(=O)N(C)C)C(=O)CO2. The lowest BCUT2D eigenvalue weighted by molar-refractivity contribution is -0.130. The highest BCUT2D eigenvalue weighted by Gasteiger charge is 2.28. The third kappa shape index (κ3) is 3.04. The summed E-state index contributed by atoms with van der Waals surface area (Å²) >= 11 is 0. The molecule has 1 heterocycles. The summed E-state index contributed by atoms with van der Waals surface area (Å²) in [7, 11) is 3.26. The van der Waals surface area contributed by atoms with Crippen LogP contribution in [0, 0.1) is 0 Å². The van der Waals surface area contributed by atoms with Gasteiger partial charge in [0.05, 0.1) is 5.69 Å². The quantitative estimate of drug-likeness (QED) is 0.779. The standard InChI is InChI=1S/C15H18N2O4/c1-4-12(18)10-5-6-13-11(7-10)17(15(20)9-21-13)8-14(19)16(2)3/h5-7H,4,8-9H2,1-3H3. The fourth-order valence-electron chi connectivity index (χ4n) is 2.03. The average molecular weight is 290 g/mol. The summed E-state index contributed by atoms with van der Waals surface area (Å²) in [6.45, 7) is 1.61. The van der Waals surface area contributed by atoms with Crippen molar-refractivity contribution in [2.24, 2.45) is 0 Å². The maximum atomic E-state index is 12.0. The molecule has 0 fully saturated rings. The van der Waals surface area contributed by atoms with E-state index in [1.54, 1.807) is 39.2 Å². The van der Waals surface area contributed by atoms with Crippen molar-refractivity contribution in [3.05, 3.63) is 23.8 Å². The molecule has 2 amide bonds. The number of nitrogens with zero attached hydrogens (tertiary/aromatic N) is 2. The first kappa shape index (κ1) is 15.0. The summed E-state index contributed by atoms with van der Waals surface area (Å²) in [4.78, 5) is 38.5.